The van der Waals surface area contributed by atoms with Crippen molar-refractivity contribution in [3.63, 3.8) is 0 Å². The summed E-state index contributed by atoms with van der Waals surface area (Å²) in [6.45, 7) is 6.85. The number of hydrogen-bond donors (Lipinski definition) is 1. The molecule has 1 aliphatic rings. The van der Waals surface area contributed by atoms with Gasteiger partial charge >= 0.3 is 0 Å². The molecule has 1 aliphatic heterocycles. The number of amides is 1. The molecule has 3 rings (SSSR count). The molecule has 0 aliphatic carbocycles. The number of rotatable bonds is 3. The Hall–Kier alpha value is -2.10. The molecule has 0 bridgehead atoms. The molecule has 1 fully saturated rings. The Balaban J connectivity index is 1.78. The molecular formula is C19H21ClN4OS. The monoisotopic (exact) mass is 388 g/mol. The highest BCUT2D eigenvalue weighted by molar-refractivity contribution is 7.16. The maximum atomic E-state index is 12.8. The van der Waals surface area contributed by atoms with E-state index in [0.717, 1.165) is 30.8 Å². The molecule has 26 heavy (non-hydrogen) atoms. The van der Waals surface area contributed by atoms with E-state index >= 15 is 0 Å². The van der Waals surface area contributed by atoms with Gasteiger partial charge in [-0.05, 0) is 37.1 Å². The van der Waals surface area contributed by atoms with Crippen LogP contribution in [0.1, 0.15) is 44.2 Å². The van der Waals surface area contributed by atoms with Crippen LogP contribution in [0, 0.1) is 11.3 Å². The van der Waals surface area contributed by atoms with Gasteiger partial charge in [0.05, 0.1) is 5.69 Å². The molecule has 0 unspecified atom stereocenters. The molecule has 0 spiro atoms. The summed E-state index contributed by atoms with van der Waals surface area (Å²) in [7, 11) is 0. The summed E-state index contributed by atoms with van der Waals surface area (Å²) in [5.41, 5.74) is 1.47. The molecule has 1 N–H and O–H groups in total. The van der Waals surface area contributed by atoms with Crippen LogP contribution in [0.15, 0.2) is 24.3 Å². The van der Waals surface area contributed by atoms with E-state index in [2.05, 4.69) is 21.3 Å². The lowest BCUT2D eigenvalue weighted by Gasteiger charge is -2.25. The number of anilines is 2. The van der Waals surface area contributed by atoms with E-state index in [0.29, 0.717) is 15.0 Å². The lowest BCUT2D eigenvalue weighted by molar-refractivity contribution is -0.117. The first kappa shape index (κ1) is 18.7. The van der Waals surface area contributed by atoms with Crippen molar-refractivity contribution in [3.05, 3.63) is 39.9 Å². The Morgan fingerprint density at radius 3 is 2.65 bits per heavy atom. The number of hydrogen-bond acceptors (Lipinski definition) is 5. The lowest BCUT2D eigenvalue weighted by Crippen LogP contribution is -2.39. The second kappa shape index (κ2) is 7.26. The molecule has 2 heterocycles. The molecule has 7 heteroatoms. The van der Waals surface area contributed by atoms with Gasteiger partial charge in [-0.2, -0.15) is 5.26 Å². The normalized spacial score (nSPS) is 17.2. The third-order valence-electron chi connectivity index (χ3n) is 4.38. The minimum absolute atomic E-state index is 0.0869. The second-order valence-electron chi connectivity index (χ2n) is 7.38. The Bertz CT molecular complexity index is 848. The molecular weight excluding hydrogens is 368 g/mol. The second-order valence-corrected chi connectivity index (χ2v) is 8.81. The number of carbonyl (C=O) groups is 1. The first-order chi connectivity index (χ1) is 12.3. The summed E-state index contributed by atoms with van der Waals surface area (Å²) in [6, 6.07) is 9.47. The van der Waals surface area contributed by atoms with E-state index < -0.39 is 0 Å². The first-order valence-electron chi connectivity index (χ1n) is 8.54. The minimum Gasteiger partial charge on any atom is -0.360 e. The van der Waals surface area contributed by atoms with Gasteiger partial charge in [0, 0.05) is 22.7 Å². The van der Waals surface area contributed by atoms with E-state index in [4.69, 9.17) is 11.6 Å². The van der Waals surface area contributed by atoms with Crippen LogP contribution in [0.25, 0.3) is 0 Å². The van der Waals surface area contributed by atoms with E-state index in [1.165, 1.54) is 11.3 Å². The zero-order valence-corrected chi connectivity index (χ0v) is 16.6. The van der Waals surface area contributed by atoms with Crippen LogP contribution in [0.2, 0.25) is 5.02 Å². The van der Waals surface area contributed by atoms with Crippen LogP contribution in [0.5, 0.6) is 0 Å². The van der Waals surface area contributed by atoms with Crippen molar-refractivity contribution in [2.24, 2.45) is 0 Å². The molecule has 0 radical (unpaired) electrons. The molecule has 1 aromatic carbocycles. The third kappa shape index (κ3) is 3.84. The van der Waals surface area contributed by atoms with Gasteiger partial charge < -0.3 is 10.2 Å². The standard InChI is InChI=1S/C19H21ClN4OS/c1-19(2,3)16-15(11-21)26-18(22-16)23-17(25)14-5-4-10-24(14)13-8-6-12(20)7-9-13/h6-9,14H,4-5,10H2,1-3H3,(H,22,23,25)/t14-/m0/s1. The zero-order chi connectivity index (χ0) is 18.9. The SMILES string of the molecule is CC(C)(C)c1nc(NC(=O)[C@@H]2CCCN2c2ccc(Cl)cc2)sc1C#N. The number of aromatic nitrogens is 1. The van der Waals surface area contributed by atoms with Crippen LogP contribution in [-0.4, -0.2) is 23.5 Å². The molecule has 2 aromatic rings. The molecule has 0 saturated carbocycles. The maximum absolute atomic E-state index is 12.8. The molecule has 136 valence electrons. The molecule has 5 nitrogen and oxygen atoms in total. The van der Waals surface area contributed by atoms with Gasteiger partial charge in [-0.25, -0.2) is 4.98 Å². The van der Waals surface area contributed by atoms with Crippen LogP contribution in [0.3, 0.4) is 0 Å². The average Bonchev–Trinajstić information content (AvgIpc) is 3.21. The summed E-state index contributed by atoms with van der Waals surface area (Å²) in [6.07, 6.45) is 1.74. The Labute approximate surface area is 162 Å². The van der Waals surface area contributed by atoms with Gasteiger partial charge in [0.1, 0.15) is 17.0 Å². The highest BCUT2D eigenvalue weighted by Gasteiger charge is 2.32. The fourth-order valence-corrected chi connectivity index (χ4v) is 4.23. The summed E-state index contributed by atoms with van der Waals surface area (Å²) in [5.74, 6) is -0.0869. The van der Waals surface area contributed by atoms with Crippen LogP contribution >= 0.6 is 22.9 Å². The Kier molecular flexibility index (Phi) is 5.22. The van der Waals surface area contributed by atoms with Crippen molar-refractivity contribution in [1.29, 1.82) is 5.26 Å². The number of halogens is 1. The summed E-state index contributed by atoms with van der Waals surface area (Å²) in [5, 5.41) is 13.4. The maximum Gasteiger partial charge on any atom is 0.248 e. The third-order valence-corrected chi connectivity index (χ3v) is 5.51. The quantitative estimate of drug-likeness (QED) is 0.835. The largest absolute Gasteiger partial charge is 0.360 e. The summed E-state index contributed by atoms with van der Waals surface area (Å²) < 4.78 is 0. The fraction of sp³-hybridized carbons (Fsp3) is 0.421. The average molecular weight is 389 g/mol. The van der Waals surface area contributed by atoms with Gasteiger partial charge in [0.25, 0.3) is 0 Å². The van der Waals surface area contributed by atoms with Gasteiger partial charge in [-0.15, -0.1) is 0 Å². The highest BCUT2D eigenvalue weighted by atomic mass is 35.5. The van der Waals surface area contributed by atoms with Gasteiger partial charge in [-0.3, -0.25) is 4.79 Å². The number of thiazole rings is 1. The predicted molar refractivity (Wildman–Crippen MR) is 106 cm³/mol. The Morgan fingerprint density at radius 2 is 2.08 bits per heavy atom. The van der Waals surface area contributed by atoms with Crippen LogP contribution in [-0.2, 0) is 10.2 Å². The van der Waals surface area contributed by atoms with E-state index in [1.807, 2.05) is 45.0 Å². The van der Waals surface area contributed by atoms with Gasteiger partial charge in [0.15, 0.2) is 5.13 Å². The number of carbonyl (C=O) groups excluding carboxylic acids is 1. The van der Waals surface area contributed by atoms with Crippen LogP contribution in [0.4, 0.5) is 10.8 Å². The van der Waals surface area contributed by atoms with Crippen molar-refractivity contribution >= 4 is 39.7 Å². The minimum atomic E-state index is -0.247. The molecule has 1 saturated heterocycles. The highest BCUT2D eigenvalue weighted by Crippen LogP contribution is 2.32. The van der Waals surface area contributed by atoms with Crippen LogP contribution < -0.4 is 10.2 Å². The molecule has 1 aromatic heterocycles. The summed E-state index contributed by atoms with van der Waals surface area (Å²) >= 11 is 7.19. The fourth-order valence-electron chi connectivity index (χ4n) is 3.13. The van der Waals surface area contributed by atoms with Crippen molar-refractivity contribution in [2.75, 3.05) is 16.8 Å². The van der Waals surface area contributed by atoms with Gasteiger partial charge in [-0.1, -0.05) is 43.7 Å². The van der Waals surface area contributed by atoms with Crippen molar-refractivity contribution in [2.45, 2.75) is 45.1 Å². The molecule has 1 atom stereocenters. The van der Waals surface area contributed by atoms with E-state index in [-0.39, 0.29) is 17.4 Å². The van der Waals surface area contributed by atoms with E-state index in [1.54, 1.807) is 0 Å². The Morgan fingerprint density at radius 1 is 1.38 bits per heavy atom. The summed E-state index contributed by atoms with van der Waals surface area (Å²) in [4.78, 5) is 20.0. The van der Waals surface area contributed by atoms with Crippen molar-refractivity contribution in [1.82, 2.24) is 4.98 Å². The number of benzene rings is 1. The molecule has 1 amide bonds. The number of nitriles is 1. The first-order valence-corrected chi connectivity index (χ1v) is 9.73. The van der Waals surface area contributed by atoms with Gasteiger partial charge in [0.2, 0.25) is 5.91 Å². The lowest BCUT2D eigenvalue weighted by atomic mass is 9.91. The smallest absolute Gasteiger partial charge is 0.248 e. The van der Waals surface area contributed by atoms with Crippen molar-refractivity contribution in [3.8, 4) is 6.07 Å². The zero-order valence-electron chi connectivity index (χ0n) is 15.0. The number of nitrogens with zero attached hydrogens (tertiary/aromatic N) is 3. The van der Waals surface area contributed by atoms with E-state index in [9.17, 15) is 10.1 Å². The van der Waals surface area contributed by atoms with Crippen molar-refractivity contribution < 1.29 is 4.79 Å². The topological polar surface area (TPSA) is 69.0 Å². The number of nitrogens with one attached hydrogen (secondary N) is 1. The predicted octanol–water partition coefficient (Wildman–Crippen LogP) is 4.57.